The van der Waals surface area contributed by atoms with Crippen molar-refractivity contribution < 1.29 is 9.90 Å². The van der Waals surface area contributed by atoms with E-state index in [1.54, 1.807) is 12.1 Å². The maximum absolute atomic E-state index is 11.1. The zero-order valence-corrected chi connectivity index (χ0v) is 11.5. The van der Waals surface area contributed by atoms with E-state index in [0.717, 1.165) is 25.1 Å². The van der Waals surface area contributed by atoms with Crippen LogP contribution in [0.3, 0.4) is 0 Å². The van der Waals surface area contributed by atoms with Gasteiger partial charge in [-0.3, -0.25) is 0 Å². The van der Waals surface area contributed by atoms with Crippen molar-refractivity contribution >= 4 is 11.8 Å². The SMILES string of the molecule is CCCc1cc(C(=O)O)cc(NCC2CCCC2)n1. The number of aryl methyl sites for hydroxylation is 1. The second-order valence-corrected chi connectivity index (χ2v) is 5.32. The largest absolute Gasteiger partial charge is 0.478 e. The number of nitrogens with one attached hydrogen (secondary N) is 1. The normalized spacial score (nSPS) is 15.6. The smallest absolute Gasteiger partial charge is 0.335 e. The van der Waals surface area contributed by atoms with Gasteiger partial charge in [-0.1, -0.05) is 26.2 Å². The Hall–Kier alpha value is -1.58. The molecule has 104 valence electrons. The van der Waals surface area contributed by atoms with Crippen LogP contribution in [0.25, 0.3) is 0 Å². The predicted molar refractivity (Wildman–Crippen MR) is 75.6 cm³/mol. The molecule has 0 spiro atoms. The molecule has 1 aromatic heterocycles. The summed E-state index contributed by atoms with van der Waals surface area (Å²) in [4.78, 5) is 15.6. The number of anilines is 1. The summed E-state index contributed by atoms with van der Waals surface area (Å²) in [5, 5.41) is 12.4. The molecule has 4 heteroatoms. The standard InChI is InChI=1S/C15H22N2O2/c1-2-5-13-8-12(15(18)19)9-14(17-13)16-10-11-6-3-4-7-11/h8-9,11H,2-7,10H2,1H3,(H,16,17)(H,18,19). The lowest BCUT2D eigenvalue weighted by molar-refractivity contribution is 0.0696. The minimum Gasteiger partial charge on any atom is -0.478 e. The first-order chi connectivity index (χ1) is 9.19. The predicted octanol–water partition coefficient (Wildman–Crippen LogP) is 3.33. The molecular weight excluding hydrogens is 240 g/mol. The van der Waals surface area contributed by atoms with Gasteiger partial charge in [-0.25, -0.2) is 9.78 Å². The first-order valence-corrected chi connectivity index (χ1v) is 7.17. The molecular formula is C15H22N2O2. The van der Waals surface area contributed by atoms with Gasteiger partial charge in [0.15, 0.2) is 0 Å². The molecule has 1 saturated carbocycles. The van der Waals surface area contributed by atoms with E-state index in [1.807, 2.05) is 0 Å². The van der Waals surface area contributed by atoms with Gasteiger partial charge in [0.1, 0.15) is 5.82 Å². The van der Waals surface area contributed by atoms with Gasteiger partial charge in [-0.15, -0.1) is 0 Å². The Bertz CT molecular complexity index is 440. The molecule has 0 aromatic carbocycles. The number of pyridine rings is 1. The monoisotopic (exact) mass is 262 g/mol. The summed E-state index contributed by atoms with van der Waals surface area (Å²) in [5.41, 5.74) is 1.18. The van der Waals surface area contributed by atoms with Crippen LogP contribution in [0.1, 0.15) is 55.1 Å². The number of hydrogen-bond acceptors (Lipinski definition) is 3. The fourth-order valence-corrected chi connectivity index (χ4v) is 2.65. The van der Waals surface area contributed by atoms with Gasteiger partial charge in [-0.2, -0.15) is 0 Å². The molecule has 19 heavy (non-hydrogen) atoms. The molecule has 1 aromatic rings. The number of aromatic nitrogens is 1. The first-order valence-electron chi connectivity index (χ1n) is 7.17. The molecule has 4 nitrogen and oxygen atoms in total. The third-order valence-electron chi connectivity index (χ3n) is 3.68. The highest BCUT2D eigenvalue weighted by atomic mass is 16.4. The minimum atomic E-state index is -0.885. The van der Waals surface area contributed by atoms with Crippen molar-refractivity contribution in [2.45, 2.75) is 45.4 Å². The van der Waals surface area contributed by atoms with Gasteiger partial charge in [0, 0.05) is 12.2 Å². The van der Waals surface area contributed by atoms with Crippen LogP contribution in [-0.2, 0) is 6.42 Å². The molecule has 1 fully saturated rings. The summed E-state index contributed by atoms with van der Waals surface area (Å²) < 4.78 is 0. The van der Waals surface area contributed by atoms with Crippen LogP contribution in [0.5, 0.6) is 0 Å². The quantitative estimate of drug-likeness (QED) is 0.825. The third kappa shape index (κ3) is 3.94. The number of carboxylic acid groups (broad SMARTS) is 1. The van der Waals surface area contributed by atoms with E-state index in [0.29, 0.717) is 17.3 Å². The van der Waals surface area contributed by atoms with E-state index >= 15 is 0 Å². The van der Waals surface area contributed by atoms with Gasteiger partial charge < -0.3 is 10.4 Å². The minimum absolute atomic E-state index is 0.326. The second kappa shape index (κ2) is 6.55. The van der Waals surface area contributed by atoms with Crippen molar-refractivity contribution in [3.63, 3.8) is 0 Å². The lowest BCUT2D eigenvalue weighted by Gasteiger charge is -2.12. The fraction of sp³-hybridized carbons (Fsp3) is 0.600. The number of carboxylic acids is 1. The maximum atomic E-state index is 11.1. The highest BCUT2D eigenvalue weighted by Gasteiger charge is 2.15. The van der Waals surface area contributed by atoms with E-state index in [2.05, 4.69) is 17.2 Å². The summed E-state index contributed by atoms with van der Waals surface area (Å²) in [7, 11) is 0. The molecule has 1 aliphatic carbocycles. The van der Waals surface area contributed by atoms with Crippen LogP contribution < -0.4 is 5.32 Å². The Balaban J connectivity index is 2.06. The van der Waals surface area contributed by atoms with Crippen LogP contribution in [-0.4, -0.2) is 22.6 Å². The maximum Gasteiger partial charge on any atom is 0.335 e. The van der Waals surface area contributed by atoms with Crippen molar-refractivity contribution in [2.75, 3.05) is 11.9 Å². The first kappa shape index (κ1) is 13.8. The molecule has 0 atom stereocenters. The van der Waals surface area contributed by atoms with Gasteiger partial charge in [0.2, 0.25) is 0 Å². The summed E-state index contributed by atoms with van der Waals surface area (Å²) in [6.07, 6.45) is 6.96. The molecule has 0 saturated heterocycles. The topological polar surface area (TPSA) is 62.2 Å². The molecule has 0 unspecified atom stereocenters. The van der Waals surface area contributed by atoms with Crippen LogP contribution in [0.2, 0.25) is 0 Å². The summed E-state index contributed by atoms with van der Waals surface area (Å²) in [6, 6.07) is 3.31. The van der Waals surface area contributed by atoms with Gasteiger partial charge >= 0.3 is 5.97 Å². The molecule has 0 amide bonds. The fourth-order valence-electron chi connectivity index (χ4n) is 2.65. The van der Waals surface area contributed by atoms with E-state index in [9.17, 15) is 4.79 Å². The summed E-state index contributed by atoms with van der Waals surface area (Å²) in [6.45, 7) is 2.97. The van der Waals surface area contributed by atoms with Gasteiger partial charge in [0.25, 0.3) is 0 Å². The van der Waals surface area contributed by atoms with Gasteiger partial charge in [0.05, 0.1) is 5.56 Å². The lowest BCUT2D eigenvalue weighted by Crippen LogP contribution is -2.13. The molecule has 1 aliphatic rings. The van der Waals surface area contributed by atoms with Crippen LogP contribution >= 0.6 is 0 Å². The average Bonchev–Trinajstić information content (AvgIpc) is 2.89. The van der Waals surface area contributed by atoms with Crippen LogP contribution in [0.4, 0.5) is 5.82 Å². The molecule has 1 heterocycles. The number of carbonyl (C=O) groups is 1. The molecule has 2 N–H and O–H groups in total. The lowest BCUT2D eigenvalue weighted by atomic mass is 10.1. The van der Waals surface area contributed by atoms with Crippen molar-refractivity contribution in [1.29, 1.82) is 0 Å². The van der Waals surface area contributed by atoms with Crippen molar-refractivity contribution in [1.82, 2.24) is 4.98 Å². The zero-order chi connectivity index (χ0) is 13.7. The van der Waals surface area contributed by atoms with Crippen molar-refractivity contribution in [3.8, 4) is 0 Å². The Morgan fingerprint density at radius 1 is 1.42 bits per heavy atom. The van der Waals surface area contributed by atoms with Crippen LogP contribution in [0.15, 0.2) is 12.1 Å². The number of nitrogens with zero attached hydrogens (tertiary/aromatic N) is 1. The molecule has 0 aliphatic heterocycles. The Labute approximate surface area is 114 Å². The van der Waals surface area contributed by atoms with E-state index in [-0.39, 0.29) is 0 Å². The number of rotatable bonds is 6. The Kier molecular flexibility index (Phi) is 4.77. The van der Waals surface area contributed by atoms with E-state index < -0.39 is 5.97 Å². The highest BCUT2D eigenvalue weighted by molar-refractivity contribution is 5.88. The highest BCUT2D eigenvalue weighted by Crippen LogP contribution is 2.25. The zero-order valence-electron chi connectivity index (χ0n) is 11.5. The Morgan fingerprint density at radius 2 is 2.16 bits per heavy atom. The second-order valence-electron chi connectivity index (χ2n) is 5.32. The van der Waals surface area contributed by atoms with E-state index in [1.165, 1.54) is 25.7 Å². The van der Waals surface area contributed by atoms with Crippen LogP contribution in [0, 0.1) is 5.92 Å². The summed E-state index contributed by atoms with van der Waals surface area (Å²) >= 11 is 0. The number of aromatic carboxylic acids is 1. The summed E-state index contributed by atoms with van der Waals surface area (Å²) in [5.74, 6) is 0.531. The van der Waals surface area contributed by atoms with Crippen molar-refractivity contribution in [2.24, 2.45) is 5.92 Å². The van der Waals surface area contributed by atoms with E-state index in [4.69, 9.17) is 5.11 Å². The Morgan fingerprint density at radius 3 is 2.79 bits per heavy atom. The molecule has 0 bridgehead atoms. The third-order valence-corrected chi connectivity index (χ3v) is 3.68. The molecule has 2 rings (SSSR count). The van der Waals surface area contributed by atoms with Crippen molar-refractivity contribution in [3.05, 3.63) is 23.4 Å². The molecule has 0 radical (unpaired) electrons. The number of hydrogen-bond donors (Lipinski definition) is 2. The average molecular weight is 262 g/mol. The van der Waals surface area contributed by atoms with Gasteiger partial charge in [-0.05, 0) is 37.3 Å².